The van der Waals surface area contributed by atoms with E-state index in [-0.39, 0.29) is 5.54 Å². The van der Waals surface area contributed by atoms with E-state index in [4.69, 9.17) is 5.73 Å². The minimum atomic E-state index is 0.102. The van der Waals surface area contributed by atoms with Crippen molar-refractivity contribution >= 4 is 11.6 Å². The van der Waals surface area contributed by atoms with Crippen LogP contribution in [0.15, 0.2) is 29.3 Å². The average molecular weight is 272 g/mol. The lowest BCUT2D eigenvalue weighted by molar-refractivity contribution is 0.178. The Labute approximate surface area is 121 Å². The molecular weight excluding hydrogens is 248 g/mol. The Bertz CT molecular complexity index is 498. The second kappa shape index (κ2) is 5.09. The van der Waals surface area contributed by atoms with Gasteiger partial charge in [-0.25, -0.2) is 0 Å². The van der Waals surface area contributed by atoms with Crippen molar-refractivity contribution in [1.29, 1.82) is 0 Å². The zero-order valence-corrected chi connectivity index (χ0v) is 12.5. The maximum Gasteiger partial charge on any atom is 0.196 e. The molecule has 2 N–H and O–H groups in total. The number of hydrogen-bond acceptors (Lipinski definition) is 4. The van der Waals surface area contributed by atoms with Crippen LogP contribution in [-0.4, -0.2) is 42.6 Å². The number of nitrogens with two attached hydrogens (primary N) is 1. The first kappa shape index (κ1) is 13.4. The minimum absolute atomic E-state index is 0.102. The van der Waals surface area contributed by atoms with E-state index in [1.54, 1.807) is 0 Å². The summed E-state index contributed by atoms with van der Waals surface area (Å²) < 4.78 is 0. The molecule has 20 heavy (non-hydrogen) atoms. The predicted octanol–water partition coefficient (Wildman–Crippen LogP) is 1.98. The summed E-state index contributed by atoms with van der Waals surface area (Å²) in [4.78, 5) is 9.33. The normalized spacial score (nSPS) is 22.3. The van der Waals surface area contributed by atoms with Crippen molar-refractivity contribution in [2.75, 3.05) is 31.1 Å². The number of piperidine rings is 1. The van der Waals surface area contributed by atoms with Crippen LogP contribution in [0.3, 0.4) is 0 Å². The summed E-state index contributed by atoms with van der Waals surface area (Å²) in [5.74, 6) is 0.679. The lowest BCUT2D eigenvalue weighted by Gasteiger charge is -2.45. The fourth-order valence-corrected chi connectivity index (χ4v) is 3.38. The van der Waals surface area contributed by atoms with Gasteiger partial charge in [0.2, 0.25) is 0 Å². The van der Waals surface area contributed by atoms with Gasteiger partial charge in [0.15, 0.2) is 5.96 Å². The number of rotatable bonds is 2. The largest absolute Gasteiger partial charge is 0.369 e. The maximum absolute atomic E-state index is 6.18. The molecule has 0 bridgehead atoms. The summed E-state index contributed by atoms with van der Waals surface area (Å²) in [6.45, 7) is 8.60. The van der Waals surface area contributed by atoms with Crippen LogP contribution < -0.4 is 10.6 Å². The van der Waals surface area contributed by atoms with Gasteiger partial charge in [0.05, 0.1) is 12.1 Å². The third-order valence-corrected chi connectivity index (χ3v) is 4.76. The first-order valence-electron chi connectivity index (χ1n) is 7.54. The maximum atomic E-state index is 6.18. The Morgan fingerprint density at radius 3 is 2.45 bits per heavy atom. The van der Waals surface area contributed by atoms with E-state index >= 15 is 0 Å². The van der Waals surface area contributed by atoms with E-state index < -0.39 is 0 Å². The molecule has 0 aromatic heterocycles. The molecule has 2 heterocycles. The van der Waals surface area contributed by atoms with Gasteiger partial charge in [-0.05, 0) is 38.4 Å². The molecule has 4 nitrogen and oxygen atoms in total. The Kier molecular flexibility index (Phi) is 3.42. The summed E-state index contributed by atoms with van der Waals surface area (Å²) in [5.41, 5.74) is 8.74. The first-order valence-corrected chi connectivity index (χ1v) is 7.54. The van der Waals surface area contributed by atoms with E-state index in [9.17, 15) is 0 Å². The molecule has 0 amide bonds. The third kappa shape index (κ3) is 2.18. The van der Waals surface area contributed by atoms with Crippen LogP contribution in [0.4, 0.5) is 5.69 Å². The fourth-order valence-electron chi connectivity index (χ4n) is 3.38. The van der Waals surface area contributed by atoms with Crippen LogP contribution in [0.5, 0.6) is 0 Å². The Morgan fingerprint density at radius 1 is 1.20 bits per heavy atom. The summed E-state index contributed by atoms with van der Waals surface area (Å²) in [7, 11) is 0. The van der Waals surface area contributed by atoms with Crippen LogP contribution in [0.1, 0.15) is 25.3 Å². The fraction of sp³-hybridized carbons (Fsp3) is 0.562. The van der Waals surface area contributed by atoms with E-state index in [1.165, 1.54) is 11.3 Å². The summed E-state index contributed by atoms with van der Waals surface area (Å²) in [6, 6.07) is 8.62. The van der Waals surface area contributed by atoms with Crippen LogP contribution in [0.25, 0.3) is 0 Å². The molecule has 2 aliphatic heterocycles. The van der Waals surface area contributed by atoms with Crippen molar-refractivity contribution in [2.24, 2.45) is 10.7 Å². The van der Waals surface area contributed by atoms with Crippen molar-refractivity contribution in [3.8, 4) is 0 Å². The monoisotopic (exact) mass is 272 g/mol. The number of likely N-dealkylation sites (tertiary alicyclic amines) is 1. The molecule has 0 unspecified atom stereocenters. The topological polar surface area (TPSA) is 44.9 Å². The minimum Gasteiger partial charge on any atom is -0.369 e. The van der Waals surface area contributed by atoms with Gasteiger partial charge in [0.25, 0.3) is 0 Å². The van der Waals surface area contributed by atoms with Crippen LogP contribution in [0.2, 0.25) is 0 Å². The summed E-state index contributed by atoms with van der Waals surface area (Å²) in [5, 5.41) is 0. The molecule has 4 heteroatoms. The van der Waals surface area contributed by atoms with Gasteiger partial charge in [-0.1, -0.05) is 24.6 Å². The van der Waals surface area contributed by atoms with Crippen molar-refractivity contribution in [1.82, 2.24) is 4.90 Å². The Hall–Kier alpha value is -1.55. The van der Waals surface area contributed by atoms with Gasteiger partial charge in [-0.3, -0.25) is 4.99 Å². The number of guanidine groups is 1. The third-order valence-electron chi connectivity index (χ3n) is 4.76. The van der Waals surface area contributed by atoms with Crippen LogP contribution in [0, 0.1) is 6.92 Å². The zero-order chi connectivity index (χ0) is 14.2. The van der Waals surface area contributed by atoms with E-state index in [1.807, 2.05) is 0 Å². The smallest absolute Gasteiger partial charge is 0.196 e. The second-order valence-corrected chi connectivity index (χ2v) is 6.00. The number of nitrogens with zero attached hydrogens (tertiary/aromatic N) is 3. The van der Waals surface area contributed by atoms with Crippen molar-refractivity contribution in [3.05, 3.63) is 29.8 Å². The molecule has 1 spiro atoms. The number of aliphatic imine (C=N–C) groups is 1. The zero-order valence-electron chi connectivity index (χ0n) is 12.5. The summed E-state index contributed by atoms with van der Waals surface area (Å²) in [6.07, 6.45) is 2.28. The highest BCUT2D eigenvalue weighted by molar-refractivity contribution is 5.98. The second-order valence-electron chi connectivity index (χ2n) is 6.00. The lowest BCUT2D eigenvalue weighted by Crippen LogP contribution is -2.57. The Morgan fingerprint density at radius 2 is 1.85 bits per heavy atom. The van der Waals surface area contributed by atoms with Gasteiger partial charge in [0, 0.05) is 18.8 Å². The SMILES string of the molecule is CCN1CCC2(CC1)CN=C(N)N2c1ccc(C)cc1. The molecule has 1 aromatic rings. The van der Waals surface area contributed by atoms with Crippen LogP contribution >= 0.6 is 0 Å². The van der Waals surface area contributed by atoms with Gasteiger partial charge < -0.3 is 15.5 Å². The quantitative estimate of drug-likeness (QED) is 0.895. The van der Waals surface area contributed by atoms with Crippen LogP contribution in [-0.2, 0) is 0 Å². The Balaban J connectivity index is 1.87. The van der Waals surface area contributed by atoms with Crippen molar-refractivity contribution in [2.45, 2.75) is 32.2 Å². The molecule has 1 saturated heterocycles. The average Bonchev–Trinajstić information content (AvgIpc) is 2.78. The molecule has 3 rings (SSSR count). The van der Waals surface area contributed by atoms with Crippen molar-refractivity contribution < 1.29 is 0 Å². The number of hydrogen-bond donors (Lipinski definition) is 1. The standard InChI is InChI=1S/C16H24N4/c1-3-19-10-8-16(9-11-19)12-18-15(17)20(16)14-6-4-13(2)5-7-14/h4-7H,3,8-12H2,1-2H3,(H2,17,18). The molecular formula is C16H24N4. The van der Waals surface area contributed by atoms with E-state index in [2.05, 4.69) is 52.9 Å². The molecule has 2 aliphatic rings. The number of anilines is 1. The molecule has 1 aromatic carbocycles. The molecule has 0 radical (unpaired) electrons. The molecule has 1 fully saturated rings. The highest BCUT2D eigenvalue weighted by Crippen LogP contribution is 2.36. The highest BCUT2D eigenvalue weighted by Gasteiger charge is 2.44. The number of aryl methyl sites for hydroxylation is 1. The van der Waals surface area contributed by atoms with Gasteiger partial charge in [-0.2, -0.15) is 0 Å². The first-order chi connectivity index (χ1) is 9.64. The molecule has 0 atom stereocenters. The predicted molar refractivity (Wildman–Crippen MR) is 84.2 cm³/mol. The highest BCUT2D eigenvalue weighted by atomic mass is 15.4. The van der Waals surface area contributed by atoms with Gasteiger partial charge in [0.1, 0.15) is 0 Å². The lowest BCUT2D eigenvalue weighted by atomic mass is 9.86. The molecule has 0 aliphatic carbocycles. The van der Waals surface area contributed by atoms with Gasteiger partial charge in [-0.15, -0.1) is 0 Å². The van der Waals surface area contributed by atoms with E-state index in [0.717, 1.165) is 39.0 Å². The summed E-state index contributed by atoms with van der Waals surface area (Å²) >= 11 is 0. The van der Waals surface area contributed by atoms with Gasteiger partial charge >= 0.3 is 0 Å². The molecule has 108 valence electrons. The van der Waals surface area contributed by atoms with Crippen molar-refractivity contribution in [3.63, 3.8) is 0 Å². The number of benzene rings is 1. The molecule has 0 saturated carbocycles. The van der Waals surface area contributed by atoms with E-state index in [0.29, 0.717) is 5.96 Å².